The number of benzene rings is 1. The van der Waals surface area contributed by atoms with Gasteiger partial charge in [-0.1, -0.05) is 6.07 Å². The van der Waals surface area contributed by atoms with Gasteiger partial charge in [0.2, 0.25) is 5.78 Å². The molecule has 2 heterocycles. The standard InChI is InChI=1S/C14H8BrNOS/c15-11-7-13(18-8-11)14(17)10-3-4-12-9(6-10)2-1-5-16-12/h1-8H. The second-order valence-electron chi connectivity index (χ2n) is 3.87. The van der Waals surface area contributed by atoms with Crippen LogP contribution in [0, 0.1) is 0 Å². The van der Waals surface area contributed by atoms with Gasteiger partial charge in [-0.05, 0) is 46.3 Å². The van der Waals surface area contributed by atoms with E-state index in [1.807, 2.05) is 41.8 Å². The first-order valence-corrected chi connectivity index (χ1v) is 7.05. The van der Waals surface area contributed by atoms with E-state index in [0.717, 1.165) is 20.3 Å². The normalized spacial score (nSPS) is 10.7. The Morgan fingerprint density at radius 1 is 1.22 bits per heavy atom. The molecule has 0 aliphatic carbocycles. The van der Waals surface area contributed by atoms with Gasteiger partial charge in [-0.3, -0.25) is 9.78 Å². The first-order chi connectivity index (χ1) is 8.74. The zero-order chi connectivity index (χ0) is 12.5. The Balaban J connectivity index is 2.06. The number of aromatic nitrogens is 1. The first-order valence-electron chi connectivity index (χ1n) is 5.37. The van der Waals surface area contributed by atoms with Crippen molar-refractivity contribution in [2.24, 2.45) is 0 Å². The Hall–Kier alpha value is -1.52. The Kier molecular flexibility index (Phi) is 2.97. The van der Waals surface area contributed by atoms with Gasteiger partial charge in [-0.15, -0.1) is 11.3 Å². The molecule has 88 valence electrons. The number of pyridine rings is 1. The predicted octanol–water partition coefficient (Wildman–Crippen LogP) is 4.29. The minimum absolute atomic E-state index is 0.0523. The lowest BCUT2D eigenvalue weighted by atomic mass is 10.1. The average molecular weight is 318 g/mol. The molecule has 0 aliphatic heterocycles. The smallest absolute Gasteiger partial charge is 0.203 e. The molecule has 0 spiro atoms. The number of carbonyl (C=O) groups is 1. The van der Waals surface area contributed by atoms with Gasteiger partial charge in [-0.25, -0.2) is 0 Å². The molecule has 0 radical (unpaired) electrons. The largest absolute Gasteiger partial charge is 0.288 e. The number of halogens is 1. The van der Waals surface area contributed by atoms with Crippen LogP contribution in [0.15, 0.2) is 52.4 Å². The van der Waals surface area contributed by atoms with Gasteiger partial charge in [0.15, 0.2) is 0 Å². The number of nitrogens with zero attached hydrogens (tertiary/aromatic N) is 1. The van der Waals surface area contributed by atoms with Gasteiger partial charge < -0.3 is 0 Å². The van der Waals surface area contributed by atoms with Gasteiger partial charge in [-0.2, -0.15) is 0 Å². The van der Waals surface area contributed by atoms with E-state index in [2.05, 4.69) is 20.9 Å². The predicted molar refractivity (Wildman–Crippen MR) is 77.2 cm³/mol. The topological polar surface area (TPSA) is 30.0 Å². The summed E-state index contributed by atoms with van der Waals surface area (Å²) in [5, 5.41) is 2.90. The van der Waals surface area contributed by atoms with E-state index < -0.39 is 0 Å². The second-order valence-corrected chi connectivity index (χ2v) is 5.70. The van der Waals surface area contributed by atoms with Crippen molar-refractivity contribution in [2.75, 3.05) is 0 Å². The lowest BCUT2D eigenvalue weighted by Crippen LogP contribution is -1.98. The fraction of sp³-hybridized carbons (Fsp3) is 0. The summed E-state index contributed by atoms with van der Waals surface area (Å²) in [7, 11) is 0. The Morgan fingerprint density at radius 3 is 2.89 bits per heavy atom. The highest BCUT2D eigenvalue weighted by Gasteiger charge is 2.11. The zero-order valence-corrected chi connectivity index (χ0v) is 11.7. The third-order valence-corrected chi connectivity index (χ3v) is 4.35. The van der Waals surface area contributed by atoms with Crippen molar-refractivity contribution in [3.05, 3.63) is 62.9 Å². The van der Waals surface area contributed by atoms with E-state index in [9.17, 15) is 4.79 Å². The lowest BCUT2D eigenvalue weighted by molar-refractivity contribution is 0.104. The molecule has 0 fully saturated rings. The fourth-order valence-electron chi connectivity index (χ4n) is 1.79. The molecule has 0 N–H and O–H groups in total. The molecule has 1 aromatic carbocycles. The van der Waals surface area contributed by atoms with Crippen LogP contribution < -0.4 is 0 Å². The van der Waals surface area contributed by atoms with Crippen LogP contribution in [0.2, 0.25) is 0 Å². The van der Waals surface area contributed by atoms with E-state index in [1.165, 1.54) is 11.3 Å². The van der Waals surface area contributed by atoms with Crippen LogP contribution in [0.1, 0.15) is 15.2 Å². The number of hydrogen-bond acceptors (Lipinski definition) is 3. The maximum absolute atomic E-state index is 12.3. The summed E-state index contributed by atoms with van der Waals surface area (Å²) in [6, 6.07) is 11.3. The number of hydrogen-bond donors (Lipinski definition) is 0. The molecule has 0 atom stereocenters. The van der Waals surface area contributed by atoms with Crippen LogP contribution in [-0.2, 0) is 0 Å². The molecule has 0 bridgehead atoms. The highest BCUT2D eigenvalue weighted by Crippen LogP contribution is 2.23. The summed E-state index contributed by atoms with van der Waals surface area (Å²) >= 11 is 4.81. The van der Waals surface area contributed by atoms with Crippen LogP contribution >= 0.6 is 27.3 Å². The summed E-state index contributed by atoms with van der Waals surface area (Å²) < 4.78 is 0.943. The van der Waals surface area contributed by atoms with Crippen molar-refractivity contribution in [2.45, 2.75) is 0 Å². The molecular formula is C14H8BrNOS. The maximum atomic E-state index is 12.3. The highest BCUT2D eigenvalue weighted by molar-refractivity contribution is 9.10. The number of ketones is 1. The first kappa shape index (κ1) is 11.6. The number of rotatable bonds is 2. The minimum atomic E-state index is 0.0523. The molecule has 4 heteroatoms. The van der Waals surface area contributed by atoms with Crippen molar-refractivity contribution >= 4 is 44.0 Å². The molecule has 2 aromatic heterocycles. The van der Waals surface area contributed by atoms with Crippen LogP contribution in [0.4, 0.5) is 0 Å². The van der Waals surface area contributed by atoms with E-state index in [0.29, 0.717) is 5.56 Å². The number of thiophene rings is 1. The third-order valence-electron chi connectivity index (χ3n) is 2.66. The Labute approximate surface area is 116 Å². The third kappa shape index (κ3) is 2.09. The van der Waals surface area contributed by atoms with Crippen LogP contribution in [0.3, 0.4) is 0 Å². The van der Waals surface area contributed by atoms with E-state index in [4.69, 9.17) is 0 Å². The van der Waals surface area contributed by atoms with Crippen molar-refractivity contribution in [1.82, 2.24) is 4.98 Å². The molecule has 2 nitrogen and oxygen atoms in total. The van der Waals surface area contributed by atoms with Crippen LogP contribution in [0.5, 0.6) is 0 Å². The number of fused-ring (bicyclic) bond motifs is 1. The van der Waals surface area contributed by atoms with Gasteiger partial charge in [0.25, 0.3) is 0 Å². The van der Waals surface area contributed by atoms with Gasteiger partial charge in [0.1, 0.15) is 0 Å². The van der Waals surface area contributed by atoms with Crippen molar-refractivity contribution < 1.29 is 4.79 Å². The summed E-state index contributed by atoms with van der Waals surface area (Å²) in [5.74, 6) is 0.0523. The van der Waals surface area contributed by atoms with E-state index in [1.54, 1.807) is 6.20 Å². The molecule has 3 aromatic rings. The molecule has 0 saturated heterocycles. The van der Waals surface area contributed by atoms with Crippen molar-refractivity contribution in [3.8, 4) is 0 Å². The summed E-state index contributed by atoms with van der Waals surface area (Å²) in [5.41, 5.74) is 1.60. The molecule has 18 heavy (non-hydrogen) atoms. The molecule has 3 rings (SSSR count). The second kappa shape index (κ2) is 4.63. The molecule has 0 amide bonds. The van der Waals surface area contributed by atoms with Gasteiger partial charge in [0, 0.05) is 27.0 Å². The minimum Gasteiger partial charge on any atom is -0.288 e. The molecular weight excluding hydrogens is 310 g/mol. The van der Waals surface area contributed by atoms with Gasteiger partial charge >= 0.3 is 0 Å². The summed E-state index contributed by atoms with van der Waals surface area (Å²) in [4.78, 5) is 17.3. The van der Waals surface area contributed by atoms with Gasteiger partial charge in [0.05, 0.1) is 10.4 Å². The van der Waals surface area contributed by atoms with E-state index >= 15 is 0 Å². The van der Waals surface area contributed by atoms with Crippen LogP contribution in [-0.4, -0.2) is 10.8 Å². The summed E-state index contributed by atoms with van der Waals surface area (Å²) in [6.45, 7) is 0. The quantitative estimate of drug-likeness (QED) is 0.660. The molecule has 0 saturated carbocycles. The van der Waals surface area contributed by atoms with E-state index in [-0.39, 0.29) is 5.78 Å². The molecule has 0 aliphatic rings. The lowest BCUT2D eigenvalue weighted by Gasteiger charge is -2.00. The van der Waals surface area contributed by atoms with Crippen LogP contribution in [0.25, 0.3) is 10.9 Å². The molecule has 0 unspecified atom stereocenters. The fourth-order valence-corrected chi connectivity index (χ4v) is 3.18. The number of carbonyl (C=O) groups excluding carboxylic acids is 1. The summed E-state index contributed by atoms with van der Waals surface area (Å²) in [6.07, 6.45) is 1.75. The average Bonchev–Trinajstić information content (AvgIpc) is 2.84. The van der Waals surface area contributed by atoms with Crippen molar-refractivity contribution in [3.63, 3.8) is 0 Å². The maximum Gasteiger partial charge on any atom is 0.203 e. The zero-order valence-electron chi connectivity index (χ0n) is 9.26. The Morgan fingerprint density at radius 2 is 2.11 bits per heavy atom. The monoisotopic (exact) mass is 317 g/mol. The Bertz CT molecular complexity index is 735. The van der Waals surface area contributed by atoms with Crippen molar-refractivity contribution in [1.29, 1.82) is 0 Å². The highest BCUT2D eigenvalue weighted by atomic mass is 79.9. The SMILES string of the molecule is O=C(c1ccc2ncccc2c1)c1cc(Br)cs1.